The number of carboxylic acids is 1. The Hall–Kier alpha value is -2.08. The summed E-state index contributed by atoms with van der Waals surface area (Å²) in [5, 5.41) is 11.7. The van der Waals surface area contributed by atoms with Crippen molar-refractivity contribution < 1.29 is 19.4 Å². The molecule has 0 aliphatic carbocycles. The summed E-state index contributed by atoms with van der Waals surface area (Å²) in [6.07, 6.45) is 0.948. The lowest BCUT2D eigenvalue weighted by Gasteiger charge is -2.48. The minimum absolute atomic E-state index is 0.0859. The molecule has 0 atom stereocenters. The number of carbonyl (C=O) groups excluding carboxylic acids is 1. The van der Waals surface area contributed by atoms with E-state index in [0.29, 0.717) is 13.2 Å². The normalized spacial score (nSPS) is 16.0. The Morgan fingerprint density at radius 3 is 2.50 bits per heavy atom. The number of aromatic carboxylic acids is 1. The third kappa shape index (κ3) is 3.98. The average Bonchev–Trinajstić information content (AvgIpc) is 2.48. The van der Waals surface area contributed by atoms with Crippen LogP contribution in [0, 0.1) is 5.41 Å². The van der Waals surface area contributed by atoms with Gasteiger partial charge in [-0.3, -0.25) is 0 Å². The lowest BCUT2D eigenvalue weighted by Crippen LogP contribution is -2.59. The lowest BCUT2D eigenvalue weighted by atomic mass is 9.79. The molecule has 1 saturated heterocycles. The van der Waals surface area contributed by atoms with Crippen LogP contribution in [0.1, 0.15) is 29.3 Å². The first-order chi connectivity index (χ1) is 10.4. The molecule has 22 heavy (non-hydrogen) atoms. The zero-order chi connectivity index (χ0) is 16.2. The molecule has 0 bridgehead atoms. The molecule has 1 aromatic rings. The van der Waals surface area contributed by atoms with Crippen molar-refractivity contribution in [3.8, 4) is 0 Å². The number of carboxylic acid groups (broad SMARTS) is 1. The van der Waals surface area contributed by atoms with Crippen molar-refractivity contribution in [2.45, 2.75) is 19.9 Å². The molecule has 2 N–H and O–H groups in total. The molecule has 1 fully saturated rings. The number of nitrogens with one attached hydrogen (secondary N) is 1. The monoisotopic (exact) mass is 306 g/mol. The van der Waals surface area contributed by atoms with Gasteiger partial charge >= 0.3 is 12.0 Å². The zero-order valence-electron chi connectivity index (χ0n) is 13.0. The highest BCUT2D eigenvalue weighted by atomic mass is 16.5. The van der Waals surface area contributed by atoms with Crippen LogP contribution >= 0.6 is 0 Å². The van der Waals surface area contributed by atoms with Gasteiger partial charge in [-0.2, -0.15) is 0 Å². The van der Waals surface area contributed by atoms with E-state index in [2.05, 4.69) is 12.2 Å². The van der Waals surface area contributed by atoms with Crippen LogP contribution in [0.25, 0.3) is 0 Å². The summed E-state index contributed by atoms with van der Waals surface area (Å²) in [7, 11) is 1.68. The quantitative estimate of drug-likeness (QED) is 0.842. The second kappa shape index (κ2) is 6.79. The predicted octanol–water partition coefficient (Wildman–Crippen LogP) is 1.95. The van der Waals surface area contributed by atoms with Gasteiger partial charge in [0.25, 0.3) is 0 Å². The molecular formula is C16H22N2O4. The first-order valence-electron chi connectivity index (χ1n) is 7.27. The van der Waals surface area contributed by atoms with E-state index in [0.717, 1.165) is 25.1 Å². The van der Waals surface area contributed by atoms with Crippen LogP contribution in [-0.2, 0) is 11.3 Å². The number of ether oxygens (including phenoxy) is 1. The molecule has 0 saturated carbocycles. The number of hydrogen-bond donors (Lipinski definition) is 2. The van der Waals surface area contributed by atoms with Crippen molar-refractivity contribution in [2.24, 2.45) is 5.41 Å². The average molecular weight is 306 g/mol. The minimum atomic E-state index is -0.952. The first kappa shape index (κ1) is 16.3. The van der Waals surface area contributed by atoms with E-state index in [4.69, 9.17) is 9.84 Å². The SMILES string of the molecule is COCCC1(C)CN(C(=O)NCc2ccc(C(=O)O)cc2)C1. The van der Waals surface area contributed by atoms with Gasteiger partial charge in [0.1, 0.15) is 0 Å². The maximum absolute atomic E-state index is 12.0. The van der Waals surface area contributed by atoms with Crippen molar-refractivity contribution in [2.75, 3.05) is 26.8 Å². The van der Waals surface area contributed by atoms with Gasteiger partial charge in [-0.05, 0) is 24.1 Å². The summed E-state index contributed by atoms with van der Waals surface area (Å²) in [5.74, 6) is -0.952. The summed E-state index contributed by atoms with van der Waals surface area (Å²) < 4.78 is 5.08. The molecule has 2 rings (SSSR count). The number of hydrogen-bond acceptors (Lipinski definition) is 3. The van der Waals surface area contributed by atoms with Gasteiger partial charge in [-0.1, -0.05) is 19.1 Å². The Kier molecular flexibility index (Phi) is 5.03. The van der Waals surface area contributed by atoms with Crippen LogP contribution in [0.3, 0.4) is 0 Å². The van der Waals surface area contributed by atoms with Crippen molar-refractivity contribution in [3.63, 3.8) is 0 Å². The van der Waals surface area contributed by atoms with Gasteiger partial charge in [-0.25, -0.2) is 9.59 Å². The molecule has 6 nitrogen and oxygen atoms in total. The molecule has 1 aliphatic heterocycles. The standard InChI is InChI=1S/C16H22N2O4/c1-16(7-8-22-2)10-18(11-16)15(21)17-9-12-3-5-13(6-4-12)14(19)20/h3-6H,7-11H2,1-2H3,(H,17,21)(H,19,20). The number of rotatable bonds is 6. The molecule has 0 aromatic heterocycles. The fraction of sp³-hybridized carbons (Fsp3) is 0.500. The summed E-state index contributed by atoms with van der Waals surface area (Å²) in [5.41, 5.74) is 1.27. The molecular weight excluding hydrogens is 284 g/mol. The maximum atomic E-state index is 12.0. The van der Waals surface area contributed by atoms with Crippen LogP contribution in [0.4, 0.5) is 4.79 Å². The number of carbonyl (C=O) groups is 2. The van der Waals surface area contributed by atoms with Gasteiger partial charge in [-0.15, -0.1) is 0 Å². The van der Waals surface area contributed by atoms with E-state index in [1.807, 2.05) is 0 Å². The molecule has 6 heteroatoms. The third-order valence-corrected chi connectivity index (χ3v) is 3.99. The molecule has 1 aliphatic rings. The molecule has 0 spiro atoms. The van der Waals surface area contributed by atoms with Crippen LogP contribution < -0.4 is 5.32 Å². The molecule has 0 radical (unpaired) electrons. The Morgan fingerprint density at radius 1 is 1.32 bits per heavy atom. The Balaban J connectivity index is 1.76. The highest BCUT2D eigenvalue weighted by Gasteiger charge is 2.40. The van der Waals surface area contributed by atoms with Crippen LogP contribution in [0.5, 0.6) is 0 Å². The van der Waals surface area contributed by atoms with Crippen LogP contribution in [0.2, 0.25) is 0 Å². The highest BCUT2D eigenvalue weighted by molar-refractivity contribution is 5.87. The number of methoxy groups -OCH3 is 1. The number of likely N-dealkylation sites (tertiary alicyclic amines) is 1. The molecule has 120 valence electrons. The number of amides is 2. The van der Waals surface area contributed by atoms with Crippen LogP contribution in [0.15, 0.2) is 24.3 Å². The smallest absolute Gasteiger partial charge is 0.335 e. The number of urea groups is 1. The van der Waals surface area contributed by atoms with Gasteiger partial charge in [0.2, 0.25) is 0 Å². The lowest BCUT2D eigenvalue weighted by molar-refractivity contribution is 0.0188. The molecule has 2 amide bonds. The predicted molar refractivity (Wildman–Crippen MR) is 81.8 cm³/mol. The summed E-state index contributed by atoms with van der Waals surface area (Å²) >= 11 is 0. The Morgan fingerprint density at radius 2 is 1.95 bits per heavy atom. The first-order valence-corrected chi connectivity index (χ1v) is 7.27. The van der Waals surface area contributed by atoms with E-state index in [9.17, 15) is 9.59 Å². The largest absolute Gasteiger partial charge is 0.478 e. The van der Waals surface area contributed by atoms with Crippen molar-refractivity contribution in [3.05, 3.63) is 35.4 Å². The van der Waals surface area contributed by atoms with E-state index in [1.165, 1.54) is 12.1 Å². The molecule has 1 heterocycles. The summed E-state index contributed by atoms with van der Waals surface area (Å²) in [4.78, 5) is 24.6. The number of nitrogens with zero attached hydrogens (tertiary/aromatic N) is 1. The minimum Gasteiger partial charge on any atom is -0.478 e. The van der Waals surface area contributed by atoms with E-state index in [1.54, 1.807) is 24.1 Å². The maximum Gasteiger partial charge on any atom is 0.335 e. The molecule has 0 unspecified atom stereocenters. The summed E-state index contributed by atoms with van der Waals surface area (Å²) in [6.45, 7) is 4.73. The zero-order valence-corrected chi connectivity index (χ0v) is 13.0. The van der Waals surface area contributed by atoms with Crippen LogP contribution in [-0.4, -0.2) is 48.8 Å². The number of benzene rings is 1. The summed E-state index contributed by atoms with van der Waals surface area (Å²) in [6, 6.07) is 6.41. The van der Waals surface area contributed by atoms with E-state index < -0.39 is 5.97 Å². The van der Waals surface area contributed by atoms with Crippen molar-refractivity contribution in [1.29, 1.82) is 0 Å². The van der Waals surface area contributed by atoms with Crippen molar-refractivity contribution >= 4 is 12.0 Å². The topological polar surface area (TPSA) is 78.9 Å². The van der Waals surface area contributed by atoms with Gasteiger partial charge in [0.05, 0.1) is 5.56 Å². The Bertz CT molecular complexity index is 536. The molecule has 1 aromatic carbocycles. The van der Waals surface area contributed by atoms with E-state index >= 15 is 0 Å². The third-order valence-electron chi connectivity index (χ3n) is 3.99. The van der Waals surface area contributed by atoms with E-state index in [-0.39, 0.29) is 17.0 Å². The second-order valence-corrected chi connectivity index (χ2v) is 6.07. The second-order valence-electron chi connectivity index (χ2n) is 6.07. The van der Waals surface area contributed by atoms with Gasteiger partial charge in [0.15, 0.2) is 0 Å². The highest BCUT2D eigenvalue weighted by Crippen LogP contribution is 2.33. The van der Waals surface area contributed by atoms with Gasteiger partial charge < -0.3 is 20.1 Å². The fourth-order valence-electron chi connectivity index (χ4n) is 2.58. The van der Waals surface area contributed by atoms with Gasteiger partial charge in [0, 0.05) is 38.8 Å². The fourth-order valence-corrected chi connectivity index (χ4v) is 2.58. The Labute approximate surface area is 130 Å². The van der Waals surface area contributed by atoms with Crippen molar-refractivity contribution in [1.82, 2.24) is 10.2 Å².